The Morgan fingerprint density at radius 3 is 2.64 bits per heavy atom. The van der Waals surface area contributed by atoms with Gasteiger partial charge in [0, 0.05) is 6.54 Å². The minimum Gasteiger partial charge on any atom is -0.488 e. The molecule has 1 aromatic rings. The summed E-state index contributed by atoms with van der Waals surface area (Å²) in [6.07, 6.45) is 7.36. The number of nitrogens with one attached hydrogen (secondary N) is 2. The van der Waals surface area contributed by atoms with Gasteiger partial charge in [-0.25, -0.2) is 4.79 Å². The van der Waals surface area contributed by atoms with Gasteiger partial charge in [-0.1, -0.05) is 12.1 Å². The summed E-state index contributed by atoms with van der Waals surface area (Å²) in [5.74, 6) is 0.715. The van der Waals surface area contributed by atoms with Crippen molar-refractivity contribution in [1.82, 2.24) is 5.32 Å². The molecule has 0 aromatic heterocycles. The van der Waals surface area contributed by atoms with Crippen LogP contribution in [0.4, 0.5) is 10.5 Å². The Morgan fingerprint density at radius 1 is 1.23 bits per heavy atom. The zero-order valence-corrected chi connectivity index (χ0v) is 12.8. The van der Waals surface area contributed by atoms with E-state index in [1.807, 2.05) is 24.3 Å². The van der Waals surface area contributed by atoms with E-state index in [-0.39, 0.29) is 12.1 Å². The van der Waals surface area contributed by atoms with Crippen molar-refractivity contribution < 1.29 is 14.6 Å². The van der Waals surface area contributed by atoms with E-state index in [2.05, 4.69) is 10.6 Å². The van der Waals surface area contributed by atoms with Crippen molar-refractivity contribution >= 4 is 11.7 Å². The lowest BCUT2D eigenvalue weighted by Crippen LogP contribution is -2.48. The molecule has 2 fully saturated rings. The number of amides is 2. The highest BCUT2D eigenvalue weighted by molar-refractivity contribution is 5.90. The summed E-state index contributed by atoms with van der Waals surface area (Å²) >= 11 is 0. The maximum absolute atomic E-state index is 12.0. The number of aliphatic hydroxyl groups is 1. The van der Waals surface area contributed by atoms with Crippen LogP contribution < -0.4 is 15.4 Å². The van der Waals surface area contributed by atoms with Crippen molar-refractivity contribution in [2.24, 2.45) is 0 Å². The smallest absolute Gasteiger partial charge is 0.319 e. The van der Waals surface area contributed by atoms with Crippen LogP contribution in [0, 0.1) is 0 Å². The predicted molar refractivity (Wildman–Crippen MR) is 85.1 cm³/mol. The van der Waals surface area contributed by atoms with Gasteiger partial charge in [0.25, 0.3) is 0 Å². The minimum absolute atomic E-state index is 0.252. The highest BCUT2D eigenvalue weighted by Gasteiger charge is 2.34. The molecule has 0 atom stereocenters. The van der Waals surface area contributed by atoms with Gasteiger partial charge in [0.05, 0.1) is 17.4 Å². The van der Waals surface area contributed by atoms with Crippen molar-refractivity contribution in [1.29, 1.82) is 0 Å². The van der Waals surface area contributed by atoms with Gasteiger partial charge in [0.15, 0.2) is 0 Å². The summed E-state index contributed by atoms with van der Waals surface area (Å²) in [5, 5.41) is 15.6. The molecule has 5 heteroatoms. The van der Waals surface area contributed by atoms with Crippen LogP contribution in [-0.2, 0) is 0 Å². The molecule has 5 nitrogen and oxygen atoms in total. The number of para-hydroxylation sites is 2. The Bertz CT molecular complexity index is 522. The van der Waals surface area contributed by atoms with E-state index in [9.17, 15) is 9.90 Å². The summed E-state index contributed by atoms with van der Waals surface area (Å²) in [7, 11) is 0. The summed E-state index contributed by atoms with van der Waals surface area (Å²) in [6, 6.07) is 7.19. The maximum Gasteiger partial charge on any atom is 0.319 e. The third-order valence-electron chi connectivity index (χ3n) is 4.59. The lowest BCUT2D eigenvalue weighted by atomic mass is 9.80. The lowest BCUT2D eigenvalue weighted by molar-refractivity contribution is -0.0287. The highest BCUT2D eigenvalue weighted by atomic mass is 16.5. The molecule has 2 aliphatic rings. The quantitative estimate of drug-likeness (QED) is 0.783. The zero-order valence-electron chi connectivity index (χ0n) is 12.8. The molecule has 2 saturated carbocycles. The largest absolute Gasteiger partial charge is 0.488 e. The fourth-order valence-electron chi connectivity index (χ4n) is 3.03. The average Bonchev–Trinajstić information content (AvgIpc) is 2.98. The number of hydrogen-bond donors (Lipinski definition) is 3. The third-order valence-corrected chi connectivity index (χ3v) is 4.59. The van der Waals surface area contributed by atoms with Gasteiger partial charge >= 0.3 is 6.03 Å². The van der Waals surface area contributed by atoms with Gasteiger partial charge in [-0.05, 0) is 57.1 Å². The van der Waals surface area contributed by atoms with Crippen LogP contribution in [0.15, 0.2) is 24.3 Å². The average molecular weight is 304 g/mol. The Hall–Kier alpha value is -1.75. The Labute approximate surface area is 131 Å². The second-order valence-corrected chi connectivity index (χ2v) is 6.41. The number of carbonyl (C=O) groups excluding carboxylic acids is 1. The van der Waals surface area contributed by atoms with Crippen LogP contribution in [0.3, 0.4) is 0 Å². The first kappa shape index (κ1) is 15.2. The monoisotopic (exact) mass is 304 g/mol. The van der Waals surface area contributed by atoms with Crippen molar-refractivity contribution in [2.45, 2.75) is 56.7 Å². The number of anilines is 1. The SMILES string of the molecule is O=C(NCC1(O)CCC1)Nc1ccccc1OC1CCCC1. The minimum atomic E-state index is -0.711. The molecule has 0 spiro atoms. The third kappa shape index (κ3) is 3.71. The van der Waals surface area contributed by atoms with Crippen molar-refractivity contribution in [2.75, 3.05) is 11.9 Å². The molecule has 0 heterocycles. The second kappa shape index (κ2) is 6.57. The van der Waals surface area contributed by atoms with Gasteiger partial charge in [0.2, 0.25) is 0 Å². The Morgan fingerprint density at radius 2 is 1.95 bits per heavy atom. The standard InChI is InChI=1S/C17H24N2O3/c20-16(18-12-17(21)10-5-11-17)19-14-8-3-4-9-15(14)22-13-6-1-2-7-13/h3-4,8-9,13,21H,1-2,5-7,10-12H2,(H2,18,19,20). The highest BCUT2D eigenvalue weighted by Crippen LogP contribution is 2.31. The molecule has 2 amide bonds. The molecule has 0 radical (unpaired) electrons. The number of ether oxygens (including phenoxy) is 1. The van der Waals surface area contributed by atoms with E-state index in [1.165, 1.54) is 12.8 Å². The molecule has 0 saturated heterocycles. The molecular weight excluding hydrogens is 280 g/mol. The normalized spacial score (nSPS) is 20.2. The summed E-state index contributed by atoms with van der Waals surface area (Å²) < 4.78 is 5.99. The fourth-order valence-corrected chi connectivity index (χ4v) is 3.03. The van der Waals surface area contributed by atoms with E-state index in [0.717, 1.165) is 32.1 Å². The molecular formula is C17H24N2O3. The molecule has 120 valence electrons. The predicted octanol–water partition coefficient (Wildman–Crippen LogP) is 3.04. The fraction of sp³-hybridized carbons (Fsp3) is 0.588. The summed E-state index contributed by atoms with van der Waals surface area (Å²) in [4.78, 5) is 12.0. The molecule has 0 bridgehead atoms. The van der Waals surface area contributed by atoms with Crippen LogP contribution in [0.2, 0.25) is 0 Å². The molecule has 22 heavy (non-hydrogen) atoms. The first-order chi connectivity index (χ1) is 10.6. The van der Waals surface area contributed by atoms with Gasteiger partial charge in [-0.15, -0.1) is 0 Å². The van der Waals surface area contributed by atoms with E-state index in [4.69, 9.17) is 4.74 Å². The molecule has 0 unspecified atom stereocenters. The van der Waals surface area contributed by atoms with E-state index in [0.29, 0.717) is 18.0 Å². The van der Waals surface area contributed by atoms with Crippen LogP contribution in [0.5, 0.6) is 5.75 Å². The van der Waals surface area contributed by atoms with Crippen LogP contribution in [0.25, 0.3) is 0 Å². The van der Waals surface area contributed by atoms with E-state index < -0.39 is 5.60 Å². The van der Waals surface area contributed by atoms with Crippen molar-refractivity contribution in [3.05, 3.63) is 24.3 Å². The van der Waals surface area contributed by atoms with Crippen LogP contribution in [-0.4, -0.2) is 29.4 Å². The summed E-state index contributed by atoms with van der Waals surface area (Å²) in [6.45, 7) is 0.296. The van der Waals surface area contributed by atoms with Gasteiger partial charge < -0.3 is 20.5 Å². The van der Waals surface area contributed by atoms with Crippen LogP contribution >= 0.6 is 0 Å². The lowest BCUT2D eigenvalue weighted by Gasteiger charge is -2.36. The first-order valence-electron chi connectivity index (χ1n) is 8.18. The Balaban J connectivity index is 1.55. The first-order valence-corrected chi connectivity index (χ1v) is 8.18. The van der Waals surface area contributed by atoms with Gasteiger partial charge in [-0.3, -0.25) is 0 Å². The molecule has 1 aromatic carbocycles. The van der Waals surface area contributed by atoms with E-state index >= 15 is 0 Å². The molecule has 2 aliphatic carbocycles. The molecule has 3 N–H and O–H groups in total. The maximum atomic E-state index is 12.0. The zero-order chi connectivity index (χ0) is 15.4. The second-order valence-electron chi connectivity index (χ2n) is 6.41. The topological polar surface area (TPSA) is 70.6 Å². The summed E-state index contributed by atoms with van der Waals surface area (Å²) in [5.41, 5.74) is -0.0375. The molecule has 0 aliphatic heterocycles. The molecule has 3 rings (SSSR count). The Kier molecular flexibility index (Phi) is 4.52. The number of carbonyl (C=O) groups is 1. The number of hydrogen-bond acceptors (Lipinski definition) is 3. The van der Waals surface area contributed by atoms with Gasteiger partial charge in [-0.2, -0.15) is 0 Å². The van der Waals surface area contributed by atoms with Gasteiger partial charge in [0.1, 0.15) is 5.75 Å². The number of rotatable bonds is 5. The van der Waals surface area contributed by atoms with Crippen molar-refractivity contribution in [3.8, 4) is 5.75 Å². The van der Waals surface area contributed by atoms with E-state index in [1.54, 1.807) is 0 Å². The van der Waals surface area contributed by atoms with Crippen molar-refractivity contribution in [3.63, 3.8) is 0 Å². The number of benzene rings is 1. The number of urea groups is 1. The van der Waals surface area contributed by atoms with Crippen LogP contribution in [0.1, 0.15) is 44.9 Å².